The normalized spacial score (nSPS) is 20.7. The van der Waals surface area contributed by atoms with Gasteiger partial charge < -0.3 is 25.0 Å². The Morgan fingerprint density at radius 3 is 2.68 bits per heavy atom. The minimum atomic E-state index is -4.80. The highest BCUT2D eigenvalue weighted by atomic mass is 19.4. The van der Waals surface area contributed by atoms with E-state index in [4.69, 9.17) is 4.74 Å². The van der Waals surface area contributed by atoms with Crippen molar-refractivity contribution in [1.29, 1.82) is 5.26 Å². The SMILES string of the molecule is COC(=O)N1CCC(CC#N)(n2nc(Nc3ccc4c(c3)CC[C@@]4(O)C(F)(F)F)c3c(=O)[nH]ccc32)CC1. The lowest BCUT2D eigenvalue weighted by Gasteiger charge is -2.40. The van der Waals surface area contributed by atoms with Crippen molar-refractivity contribution in [1.82, 2.24) is 19.7 Å². The van der Waals surface area contributed by atoms with Gasteiger partial charge in [-0.2, -0.15) is 23.5 Å². The first-order valence-electron chi connectivity index (χ1n) is 12.0. The van der Waals surface area contributed by atoms with Crippen LogP contribution in [0.4, 0.5) is 29.5 Å². The molecule has 0 saturated carbocycles. The number of fused-ring (bicyclic) bond motifs is 2. The number of halogens is 3. The summed E-state index contributed by atoms with van der Waals surface area (Å²) in [6.07, 6.45) is -3.34. The third kappa shape index (κ3) is 3.96. The molecule has 1 atom stereocenters. The summed E-state index contributed by atoms with van der Waals surface area (Å²) < 4.78 is 46.9. The standard InChI is InChI=1S/C25H25F3N6O4/c1-38-22(36)33-12-8-23(7-10-29,9-13-33)34-18-5-11-30-21(35)19(18)20(32-34)31-16-2-3-17-15(14-16)4-6-24(17,37)25(26,27)28/h2-3,5,11,14,37H,4,6-9,12-13H2,1H3,(H,30,35)(H,31,32)/t24-/m0/s1. The van der Waals surface area contributed by atoms with Crippen LogP contribution in [0, 0.1) is 11.3 Å². The lowest BCUT2D eigenvalue weighted by atomic mass is 9.85. The summed E-state index contributed by atoms with van der Waals surface area (Å²) in [5, 5.41) is 27.9. The fourth-order valence-electron chi connectivity index (χ4n) is 5.53. The van der Waals surface area contributed by atoms with Gasteiger partial charge in [0.05, 0.1) is 30.7 Å². The first-order valence-corrected chi connectivity index (χ1v) is 12.0. The molecule has 0 unspecified atom stereocenters. The summed E-state index contributed by atoms with van der Waals surface area (Å²) in [6.45, 7) is 0.656. The van der Waals surface area contributed by atoms with Crippen molar-refractivity contribution < 1.29 is 27.8 Å². The Bertz CT molecular complexity index is 1500. The maximum atomic E-state index is 13.5. The van der Waals surface area contributed by atoms with Crippen LogP contribution < -0.4 is 10.9 Å². The molecular formula is C25H25F3N6O4. The van der Waals surface area contributed by atoms with Crippen LogP contribution in [0.15, 0.2) is 35.3 Å². The summed E-state index contributed by atoms with van der Waals surface area (Å²) in [6, 6.07) is 8.03. The Kier molecular flexibility index (Phi) is 6.10. The van der Waals surface area contributed by atoms with E-state index >= 15 is 0 Å². The lowest BCUT2D eigenvalue weighted by molar-refractivity contribution is -0.265. The number of aromatic nitrogens is 3. The number of amides is 1. The Labute approximate surface area is 214 Å². The highest BCUT2D eigenvalue weighted by Gasteiger charge is 2.57. The van der Waals surface area contributed by atoms with Crippen LogP contribution in [0.1, 0.15) is 36.8 Å². The number of aryl methyl sites for hydroxylation is 1. The second-order valence-corrected chi connectivity index (χ2v) is 9.70. The average Bonchev–Trinajstić information content (AvgIpc) is 3.44. The number of piperidine rings is 1. The summed E-state index contributed by atoms with van der Waals surface area (Å²) in [5.41, 5.74) is -3.08. The van der Waals surface area contributed by atoms with Crippen LogP contribution in [-0.2, 0) is 22.3 Å². The second-order valence-electron chi connectivity index (χ2n) is 9.70. The number of likely N-dealkylation sites (tertiary alicyclic amines) is 1. The molecule has 1 aliphatic carbocycles. The van der Waals surface area contributed by atoms with Gasteiger partial charge in [0.2, 0.25) is 0 Å². The molecule has 0 radical (unpaired) electrons. The Hall–Kier alpha value is -4.05. The van der Waals surface area contributed by atoms with Crippen LogP contribution in [0.5, 0.6) is 0 Å². The molecule has 0 bridgehead atoms. The zero-order valence-electron chi connectivity index (χ0n) is 20.4. The van der Waals surface area contributed by atoms with Crippen molar-refractivity contribution in [3.63, 3.8) is 0 Å². The van der Waals surface area contributed by atoms with Crippen molar-refractivity contribution >= 4 is 28.5 Å². The second kappa shape index (κ2) is 9.05. The monoisotopic (exact) mass is 530 g/mol. The van der Waals surface area contributed by atoms with Gasteiger partial charge in [-0.3, -0.25) is 9.48 Å². The van der Waals surface area contributed by atoms with E-state index in [9.17, 15) is 33.1 Å². The number of carbonyl (C=O) groups is 1. The van der Waals surface area contributed by atoms with E-state index in [2.05, 4.69) is 21.5 Å². The molecule has 2 aromatic heterocycles. The molecule has 5 rings (SSSR count). The maximum Gasteiger partial charge on any atom is 0.421 e. The third-order valence-electron chi connectivity index (χ3n) is 7.63. The van der Waals surface area contributed by atoms with Crippen molar-refractivity contribution in [2.75, 3.05) is 25.5 Å². The number of rotatable bonds is 4. The van der Waals surface area contributed by atoms with E-state index < -0.39 is 35.4 Å². The molecule has 1 saturated heterocycles. The van der Waals surface area contributed by atoms with Gasteiger partial charge in [-0.1, -0.05) is 6.07 Å². The number of benzene rings is 1. The fourth-order valence-corrected chi connectivity index (χ4v) is 5.53. The van der Waals surface area contributed by atoms with E-state index in [1.165, 1.54) is 31.5 Å². The number of nitrogens with one attached hydrogen (secondary N) is 2. The van der Waals surface area contributed by atoms with Gasteiger partial charge in [0.1, 0.15) is 5.39 Å². The summed E-state index contributed by atoms with van der Waals surface area (Å²) in [5.74, 6) is 0.179. The van der Waals surface area contributed by atoms with Crippen LogP contribution in [0.2, 0.25) is 0 Å². The Morgan fingerprint density at radius 2 is 2.03 bits per heavy atom. The topological polar surface area (TPSA) is 136 Å². The number of hydrogen-bond acceptors (Lipinski definition) is 7. The van der Waals surface area contributed by atoms with E-state index in [1.54, 1.807) is 15.6 Å². The molecule has 3 aromatic rings. The van der Waals surface area contributed by atoms with Gasteiger partial charge in [-0.05, 0) is 55.0 Å². The number of methoxy groups -OCH3 is 1. The maximum absolute atomic E-state index is 13.5. The molecule has 200 valence electrons. The van der Waals surface area contributed by atoms with Crippen molar-refractivity contribution in [2.24, 2.45) is 0 Å². The Balaban J connectivity index is 1.54. The molecule has 2 aliphatic rings. The predicted octanol–water partition coefficient (Wildman–Crippen LogP) is 3.64. The van der Waals surface area contributed by atoms with E-state index in [0.29, 0.717) is 42.7 Å². The number of anilines is 2. The first-order chi connectivity index (χ1) is 18.0. The van der Waals surface area contributed by atoms with E-state index in [0.717, 1.165) is 0 Å². The van der Waals surface area contributed by atoms with Crippen LogP contribution >= 0.6 is 0 Å². The molecule has 1 fully saturated rings. The van der Waals surface area contributed by atoms with Crippen molar-refractivity contribution in [3.05, 3.63) is 51.9 Å². The molecular weight excluding hydrogens is 505 g/mol. The van der Waals surface area contributed by atoms with Gasteiger partial charge in [0.25, 0.3) is 5.56 Å². The number of hydrogen-bond donors (Lipinski definition) is 3. The minimum absolute atomic E-state index is 0.0403. The number of alkyl halides is 3. The number of pyridine rings is 1. The molecule has 1 aliphatic heterocycles. The lowest BCUT2D eigenvalue weighted by Crippen LogP contribution is -2.48. The van der Waals surface area contributed by atoms with Gasteiger partial charge in [0.15, 0.2) is 11.4 Å². The summed E-state index contributed by atoms with van der Waals surface area (Å²) in [7, 11) is 1.30. The van der Waals surface area contributed by atoms with Crippen molar-refractivity contribution in [3.8, 4) is 6.07 Å². The molecule has 0 spiro atoms. The zero-order valence-corrected chi connectivity index (χ0v) is 20.4. The molecule has 10 nitrogen and oxygen atoms in total. The molecule has 1 aromatic carbocycles. The number of carbonyl (C=O) groups excluding carboxylic acids is 1. The third-order valence-corrected chi connectivity index (χ3v) is 7.63. The van der Waals surface area contributed by atoms with E-state index in [-0.39, 0.29) is 29.6 Å². The van der Waals surface area contributed by atoms with Gasteiger partial charge in [0, 0.05) is 25.0 Å². The van der Waals surface area contributed by atoms with E-state index in [1.807, 2.05) is 0 Å². The quantitative estimate of drug-likeness (QED) is 0.469. The van der Waals surface area contributed by atoms with Gasteiger partial charge in [-0.25, -0.2) is 4.79 Å². The number of nitriles is 1. The number of aromatic amines is 1. The Morgan fingerprint density at radius 1 is 1.29 bits per heavy atom. The number of aliphatic hydroxyl groups is 1. The number of ether oxygens (including phenoxy) is 1. The average molecular weight is 531 g/mol. The molecule has 1 amide bonds. The smallest absolute Gasteiger partial charge is 0.421 e. The summed E-state index contributed by atoms with van der Waals surface area (Å²) in [4.78, 5) is 29.0. The van der Waals surface area contributed by atoms with Crippen LogP contribution in [0.25, 0.3) is 10.9 Å². The highest BCUT2D eigenvalue weighted by Crippen LogP contribution is 2.48. The van der Waals surface area contributed by atoms with Crippen LogP contribution in [-0.4, -0.2) is 57.2 Å². The zero-order chi connectivity index (χ0) is 27.3. The van der Waals surface area contributed by atoms with Crippen LogP contribution in [0.3, 0.4) is 0 Å². The fraction of sp³-hybridized carbons (Fsp3) is 0.440. The predicted molar refractivity (Wildman–Crippen MR) is 130 cm³/mol. The van der Waals surface area contributed by atoms with Gasteiger partial charge >= 0.3 is 12.3 Å². The molecule has 3 heterocycles. The largest absolute Gasteiger partial charge is 0.453 e. The molecule has 13 heteroatoms. The number of H-pyrrole nitrogens is 1. The first kappa shape index (κ1) is 25.6. The molecule has 38 heavy (non-hydrogen) atoms. The van der Waals surface area contributed by atoms with Crippen molar-refractivity contribution in [2.45, 2.75) is 49.4 Å². The highest BCUT2D eigenvalue weighted by molar-refractivity contribution is 5.91. The summed E-state index contributed by atoms with van der Waals surface area (Å²) >= 11 is 0. The van der Waals surface area contributed by atoms with Gasteiger partial charge in [-0.15, -0.1) is 0 Å². The number of nitrogens with zero attached hydrogens (tertiary/aromatic N) is 4. The minimum Gasteiger partial charge on any atom is -0.453 e. The molecule has 3 N–H and O–H groups in total.